The molecule has 0 aromatic heterocycles. The van der Waals surface area contributed by atoms with E-state index >= 15 is 0 Å². The van der Waals surface area contributed by atoms with Crippen molar-refractivity contribution >= 4 is 39.5 Å². The largest absolute Gasteiger partial charge is 0.472 e. The molecule has 0 aliphatic heterocycles. The van der Waals surface area contributed by atoms with Crippen LogP contribution in [-0.4, -0.2) is 96.7 Å². The van der Waals surface area contributed by atoms with Gasteiger partial charge in [-0.3, -0.25) is 37.3 Å². The lowest BCUT2D eigenvalue weighted by Crippen LogP contribution is -2.30. The minimum absolute atomic E-state index is 0.0694. The van der Waals surface area contributed by atoms with Crippen molar-refractivity contribution in [1.29, 1.82) is 0 Å². The van der Waals surface area contributed by atoms with Gasteiger partial charge in [-0.05, 0) is 122 Å². The highest BCUT2D eigenvalue weighted by molar-refractivity contribution is 7.47. The van der Waals surface area contributed by atoms with Crippen molar-refractivity contribution in [2.45, 2.75) is 341 Å². The Morgan fingerprint density at radius 1 is 0.296 bits per heavy atom. The van der Waals surface area contributed by atoms with Gasteiger partial charge in [0.25, 0.3) is 0 Å². The van der Waals surface area contributed by atoms with Gasteiger partial charge in [0.2, 0.25) is 0 Å². The van der Waals surface area contributed by atoms with Gasteiger partial charge in [-0.1, -0.05) is 273 Å². The molecule has 0 saturated carbocycles. The lowest BCUT2D eigenvalue weighted by molar-refractivity contribution is -0.161. The molecule has 0 spiro atoms. The Morgan fingerprint density at radius 2 is 0.531 bits per heavy atom. The number of hydrogen-bond acceptors (Lipinski definition) is 15. The number of phosphoric ester groups is 2. The normalized spacial score (nSPS) is 14.5. The molecule has 0 radical (unpaired) electrons. The van der Waals surface area contributed by atoms with Crippen molar-refractivity contribution in [3.05, 3.63) is 97.2 Å². The molecule has 0 fully saturated rings. The summed E-state index contributed by atoms with van der Waals surface area (Å²) in [7, 11) is -9.96. The van der Waals surface area contributed by atoms with Crippen LogP contribution in [-0.2, 0) is 65.4 Å². The van der Waals surface area contributed by atoms with E-state index in [-0.39, 0.29) is 25.7 Å². The first-order valence-corrected chi connectivity index (χ1v) is 41.5. The summed E-state index contributed by atoms with van der Waals surface area (Å²) in [5.41, 5.74) is 0. The zero-order chi connectivity index (χ0) is 71.8. The van der Waals surface area contributed by atoms with Crippen LogP contribution in [0.3, 0.4) is 0 Å². The lowest BCUT2D eigenvalue weighted by Gasteiger charge is -2.21. The number of unbranched alkanes of at least 4 members (excludes halogenated alkanes) is 30. The minimum atomic E-state index is -4.98. The summed E-state index contributed by atoms with van der Waals surface area (Å²) >= 11 is 0. The maximum atomic E-state index is 13.1. The predicted octanol–water partition coefficient (Wildman–Crippen LogP) is 22.0. The van der Waals surface area contributed by atoms with E-state index in [4.69, 9.17) is 37.0 Å². The Balaban J connectivity index is 5.37. The molecule has 98 heavy (non-hydrogen) atoms. The first-order valence-electron chi connectivity index (χ1n) is 38.5. The van der Waals surface area contributed by atoms with Crippen molar-refractivity contribution in [3.63, 3.8) is 0 Å². The number of carbonyl (C=O) groups is 4. The molecule has 566 valence electrons. The molecular formula is C79H138O17P2. The average molecular weight is 1420 g/mol. The fourth-order valence-electron chi connectivity index (χ4n) is 10.2. The van der Waals surface area contributed by atoms with Gasteiger partial charge in [0.05, 0.1) is 26.4 Å². The van der Waals surface area contributed by atoms with Gasteiger partial charge in [-0.25, -0.2) is 9.13 Å². The van der Waals surface area contributed by atoms with E-state index in [1.54, 1.807) is 0 Å². The number of rotatable bonds is 72. The number of esters is 4. The number of carbonyl (C=O) groups excluding carboxylic acids is 4. The number of phosphoric acid groups is 2. The van der Waals surface area contributed by atoms with Crippen LogP contribution in [0.25, 0.3) is 0 Å². The number of aliphatic hydroxyl groups excluding tert-OH is 1. The molecule has 0 aromatic rings. The summed E-state index contributed by atoms with van der Waals surface area (Å²) in [6.45, 7) is 4.60. The van der Waals surface area contributed by atoms with Crippen LogP contribution in [0.5, 0.6) is 0 Å². The molecule has 3 N–H and O–H groups in total. The molecule has 0 rings (SSSR count). The third-order valence-electron chi connectivity index (χ3n) is 16.0. The quantitative estimate of drug-likeness (QED) is 0.0169. The second-order valence-electron chi connectivity index (χ2n) is 25.5. The topological polar surface area (TPSA) is 237 Å². The highest BCUT2D eigenvalue weighted by Gasteiger charge is 2.30. The standard InChI is InChI=1S/C79H138O17P2/c1-5-9-13-17-21-25-29-33-35-36-38-41-44-48-52-56-60-64-77(82)90-70-75(96-79(84)66-62-58-54-50-46-42-37-34-30-26-22-18-14-10-6-2)72-94-98(87,88)92-68-73(80)67-91-97(85,86)93-71-74(95-78(83)65-61-57-53-49-45-40-32-28-24-20-16-12-8-4)69-89-76(81)63-59-55-51-47-43-39-31-27-23-19-15-11-7-3/h9-10,13-14,21-22,25-27,31,33-35,37-38,41,73-75,80H,5-8,11-12,15-20,23-24,28-30,32,36,39-40,42-72H2,1-4H3,(H,85,86)(H,87,88)/b13-9-,14-10-,25-21-,26-22-,31-27-,35-33-,37-34-,41-38-. The van der Waals surface area contributed by atoms with E-state index in [1.165, 1.54) is 77.0 Å². The summed E-state index contributed by atoms with van der Waals surface area (Å²) in [5.74, 6) is -2.21. The molecule has 19 heteroatoms. The molecule has 0 bridgehead atoms. The van der Waals surface area contributed by atoms with Crippen molar-refractivity contribution < 1.29 is 80.2 Å². The van der Waals surface area contributed by atoms with Gasteiger partial charge < -0.3 is 33.8 Å². The van der Waals surface area contributed by atoms with Crippen LogP contribution < -0.4 is 0 Å². The molecule has 5 unspecified atom stereocenters. The maximum Gasteiger partial charge on any atom is 0.472 e. The van der Waals surface area contributed by atoms with Crippen molar-refractivity contribution in [2.24, 2.45) is 0 Å². The number of hydrogen-bond donors (Lipinski definition) is 3. The Kier molecular flexibility index (Phi) is 68.4. The molecule has 0 heterocycles. The van der Waals surface area contributed by atoms with Crippen molar-refractivity contribution in [1.82, 2.24) is 0 Å². The molecule has 17 nitrogen and oxygen atoms in total. The van der Waals surface area contributed by atoms with Gasteiger partial charge in [0, 0.05) is 25.7 Å². The van der Waals surface area contributed by atoms with Crippen molar-refractivity contribution in [3.8, 4) is 0 Å². The molecule has 0 aliphatic rings. The second-order valence-corrected chi connectivity index (χ2v) is 28.4. The summed E-state index contributed by atoms with van der Waals surface area (Å²) < 4.78 is 68.5. The molecule has 5 atom stereocenters. The Morgan fingerprint density at radius 3 is 0.837 bits per heavy atom. The fourth-order valence-corrected chi connectivity index (χ4v) is 11.8. The maximum absolute atomic E-state index is 13.1. The fraction of sp³-hybridized carbons (Fsp3) is 0.747. The Hall–Kier alpha value is -4.02. The summed E-state index contributed by atoms with van der Waals surface area (Å²) in [6.07, 6.45) is 73.9. The van der Waals surface area contributed by atoms with Gasteiger partial charge in [0.1, 0.15) is 19.3 Å². The molecule has 0 aromatic carbocycles. The zero-order valence-electron chi connectivity index (χ0n) is 61.7. The van der Waals surface area contributed by atoms with E-state index in [9.17, 15) is 43.2 Å². The van der Waals surface area contributed by atoms with Crippen LogP contribution in [0.4, 0.5) is 0 Å². The van der Waals surface area contributed by atoms with Crippen LogP contribution in [0.2, 0.25) is 0 Å². The molecule has 0 aliphatic carbocycles. The van der Waals surface area contributed by atoms with Gasteiger partial charge in [-0.2, -0.15) is 0 Å². The van der Waals surface area contributed by atoms with Crippen LogP contribution in [0.15, 0.2) is 97.2 Å². The Bertz CT molecular complexity index is 2240. The third kappa shape index (κ3) is 70.4. The van der Waals surface area contributed by atoms with Crippen molar-refractivity contribution in [2.75, 3.05) is 39.6 Å². The van der Waals surface area contributed by atoms with Crippen LogP contribution in [0, 0.1) is 0 Å². The average Bonchev–Trinajstić information content (AvgIpc) is 1.05. The summed E-state index contributed by atoms with van der Waals surface area (Å²) in [4.78, 5) is 72.9. The monoisotopic (exact) mass is 1420 g/mol. The summed E-state index contributed by atoms with van der Waals surface area (Å²) in [6, 6.07) is 0. The predicted molar refractivity (Wildman–Crippen MR) is 399 cm³/mol. The number of allylic oxidation sites excluding steroid dienone is 16. The second kappa shape index (κ2) is 71.4. The smallest absolute Gasteiger partial charge is 0.462 e. The van der Waals surface area contributed by atoms with E-state index in [0.717, 1.165) is 167 Å². The first kappa shape index (κ1) is 94.0. The minimum Gasteiger partial charge on any atom is -0.462 e. The zero-order valence-corrected chi connectivity index (χ0v) is 63.5. The highest BCUT2D eigenvalue weighted by atomic mass is 31.2. The van der Waals surface area contributed by atoms with Crippen LogP contribution in [0.1, 0.15) is 323 Å². The number of ether oxygens (including phenoxy) is 4. The molecular weight excluding hydrogens is 1280 g/mol. The van der Waals surface area contributed by atoms with E-state index in [1.807, 2.05) is 0 Å². The highest BCUT2D eigenvalue weighted by Crippen LogP contribution is 2.45. The molecule has 0 saturated heterocycles. The third-order valence-corrected chi connectivity index (χ3v) is 17.9. The van der Waals surface area contributed by atoms with Gasteiger partial charge >= 0.3 is 39.5 Å². The summed E-state index contributed by atoms with van der Waals surface area (Å²) in [5, 5.41) is 10.6. The first-order chi connectivity index (χ1) is 47.7. The van der Waals surface area contributed by atoms with Gasteiger partial charge in [-0.15, -0.1) is 0 Å². The molecule has 0 amide bonds. The van der Waals surface area contributed by atoms with E-state index in [0.29, 0.717) is 25.7 Å². The lowest BCUT2D eigenvalue weighted by atomic mass is 10.0. The number of aliphatic hydroxyl groups is 1. The van der Waals surface area contributed by atoms with Crippen LogP contribution >= 0.6 is 15.6 Å². The van der Waals surface area contributed by atoms with Gasteiger partial charge in [0.15, 0.2) is 12.2 Å². The SMILES string of the molecule is CC/C=C\C/C=C\C/C=C\C/C=C\CCCCCCC(=O)OCC(COP(=O)(O)OCC(O)COP(=O)(O)OCC(COC(=O)CCCCCCC/C=C\CCCCCC)OC(=O)CCCCCCCCCCCCCCC)OC(=O)CCCCCCC/C=C\C/C=C\C/C=C\CC. The Labute approximate surface area is 595 Å². The van der Waals surface area contributed by atoms with E-state index < -0.39 is 97.5 Å². The van der Waals surface area contributed by atoms with E-state index in [2.05, 4.69) is 125 Å².